The quantitative estimate of drug-likeness (QED) is 0.730. The number of hydrogen-bond donors (Lipinski definition) is 3. The average Bonchev–Trinajstić information content (AvgIpc) is 2.38. The predicted octanol–water partition coefficient (Wildman–Crippen LogP) is 0.537. The van der Waals surface area contributed by atoms with Crippen LogP contribution in [0.25, 0.3) is 0 Å². The second kappa shape index (κ2) is 7.13. The van der Waals surface area contributed by atoms with Crippen LogP contribution in [0.3, 0.4) is 0 Å². The molecule has 1 atom stereocenters. The van der Waals surface area contributed by atoms with Crippen molar-refractivity contribution in [1.82, 2.24) is 10.6 Å². The van der Waals surface area contributed by atoms with Crippen LogP contribution in [0, 0.1) is 0 Å². The number of ether oxygens (including phenoxy) is 1. The van der Waals surface area contributed by atoms with E-state index in [1.807, 2.05) is 0 Å². The Morgan fingerprint density at radius 2 is 2.05 bits per heavy atom. The maximum atomic E-state index is 11.6. The van der Waals surface area contributed by atoms with E-state index < -0.39 is 24.0 Å². The Balaban J connectivity index is 2.65. The van der Waals surface area contributed by atoms with E-state index in [2.05, 4.69) is 10.6 Å². The topological polar surface area (TPSA) is 105 Å². The predicted molar refractivity (Wildman–Crippen MR) is 70.5 cm³/mol. The molecule has 1 aromatic carbocycles. The molecular weight excluding hydrogens is 264 g/mol. The second-order valence-corrected chi connectivity index (χ2v) is 4.05. The second-order valence-electron chi connectivity index (χ2n) is 4.05. The molecule has 3 N–H and O–H groups in total. The highest BCUT2D eigenvalue weighted by Gasteiger charge is 2.17. The van der Waals surface area contributed by atoms with Crippen molar-refractivity contribution < 1.29 is 24.2 Å². The molecule has 0 radical (unpaired) electrons. The minimum absolute atomic E-state index is 0.129. The fraction of sp³-hybridized carbons (Fsp3) is 0.308. The van der Waals surface area contributed by atoms with Crippen molar-refractivity contribution in [2.24, 2.45) is 0 Å². The van der Waals surface area contributed by atoms with E-state index in [4.69, 9.17) is 9.84 Å². The van der Waals surface area contributed by atoms with Gasteiger partial charge in [-0.05, 0) is 24.6 Å². The number of carbonyl (C=O) groups excluding carboxylic acids is 2. The van der Waals surface area contributed by atoms with E-state index in [9.17, 15) is 14.4 Å². The molecule has 0 aliphatic carbocycles. The molecule has 0 fully saturated rings. The number of urea groups is 1. The van der Waals surface area contributed by atoms with Gasteiger partial charge in [-0.2, -0.15) is 0 Å². The van der Waals surface area contributed by atoms with Gasteiger partial charge in [0.1, 0.15) is 5.75 Å². The third-order valence-corrected chi connectivity index (χ3v) is 2.40. The minimum Gasteiger partial charge on any atom is -0.481 e. The molecule has 0 spiro atoms. The molecule has 0 heterocycles. The first-order valence-electron chi connectivity index (χ1n) is 5.92. The summed E-state index contributed by atoms with van der Waals surface area (Å²) in [6.07, 6.45) is -1.01. The molecule has 0 aromatic heterocycles. The Hall–Kier alpha value is -2.57. The molecule has 7 nitrogen and oxygen atoms in total. The maximum Gasteiger partial charge on any atom is 0.321 e. The molecule has 7 heteroatoms. The summed E-state index contributed by atoms with van der Waals surface area (Å²) in [6, 6.07) is 5.81. The molecular formula is C13H16N2O5. The van der Waals surface area contributed by atoms with E-state index in [-0.39, 0.29) is 6.42 Å². The number of carbonyl (C=O) groups is 3. The van der Waals surface area contributed by atoms with Gasteiger partial charge in [-0.1, -0.05) is 12.1 Å². The molecule has 20 heavy (non-hydrogen) atoms. The summed E-state index contributed by atoms with van der Waals surface area (Å²) in [5.41, 5.74) is 0.564. The normalized spacial score (nSPS) is 11.3. The number of carboxylic acids is 1. The van der Waals surface area contributed by atoms with Gasteiger partial charge in [0.25, 0.3) is 5.91 Å². The number of nitrogens with one attached hydrogen (secondary N) is 2. The molecule has 108 valence electrons. The lowest BCUT2D eigenvalue weighted by Crippen LogP contribution is -2.43. The van der Waals surface area contributed by atoms with E-state index in [0.29, 0.717) is 11.3 Å². The van der Waals surface area contributed by atoms with Gasteiger partial charge < -0.3 is 15.2 Å². The Morgan fingerprint density at radius 1 is 1.35 bits per heavy atom. The van der Waals surface area contributed by atoms with E-state index in [1.165, 1.54) is 20.0 Å². The van der Waals surface area contributed by atoms with Gasteiger partial charge >= 0.3 is 12.0 Å². The van der Waals surface area contributed by atoms with Gasteiger partial charge in [0, 0.05) is 7.05 Å². The van der Waals surface area contributed by atoms with E-state index in [0.717, 1.165) is 0 Å². The fourth-order valence-corrected chi connectivity index (χ4v) is 1.44. The first-order valence-corrected chi connectivity index (χ1v) is 5.92. The van der Waals surface area contributed by atoms with Gasteiger partial charge in [-0.15, -0.1) is 0 Å². The van der Waals surface area contributed by atoms with Gasteiger partial charge in [0.2, 0.25) is 0 Å². The SMILES string of the molecule is CNC(=O)NC(=O)C(C)Oc1cccc(CC(=O)O)c1. The van der Waals surface area contributed by atoms with E-state index in [1.54, 1.807) is 18.2 Å². The lowest BCUT2D eigenvalue weighted by molar-refractivity contribution is -0.136. The average molecular weight is 280 g/mol. The van der Waals surface area contributed by atoms with Crippen molar-refractivity contribution in [2.75, 3.05) is 7.05 Å². The number of benzene rings is 1. The number of imide groups is 1. The van der Waals surface area contributed by atoms with Crippen molar-refractivity contribution in [2.45, 2.75) is 19.4 Å². The molecule has 0 bridgehead atoms. The highest BCUT2D eigenvalue weighted by Crippen LogP contribution is 2.15. The van der Waals surface area contributed by atoms with Crippen LogP contribution in [0.1, 0.15) is 12.5 Å². The fourth-order valence-electron chi connectivity index (χ4n) is 1.44. The summed E-state index contributed by atoms with van der Waals surface area (Å²) in [5, 5.41) is 13.0. The molecule has 0 saturated carbocycles. The van der Waals surface area contributed by atoms with Crippen LogP contribution in [-0.4, -0.2) is 36.2 Å². The lowest BCUT2D eigenvalue weighted by atomic mass is 10.1. The van der Waals surface area contributed by atoms with Crippen LogP contribution in [-0.2, 0) is 16.0 Å². The van der Waals surface area contributed by atoms with Crippen LogP contribution < -0.4 is 15.4 Å². The van der Waals surface area contributed by atoms with Crippen molar-refractivity contribution in [1.29, 1.82) is 0 Å². The van der Waals surface area contributed by atoms with Gasteiger partial charge in [-0.25, -0.2) is 4.79 Å². The highest BCUT2D eigenvalue weighted by atomic mass is 16.5. The number of aliphatic carboxylic acids is 1. The highest BCUT2D eigenvalue weighted by molar-refractivity contribution is 5.96. The Morgan fingerprint density at radius 3 is 2.65 bits per heavy atom. The van der Waals surface area contributed by atoms with Crippen LogP contribution in [0.5, 0.6) is 5.75 Å². The van der Waals surface area contributed by atoms with Gasteiger partial charge in [0.15, 0.2) is 6.10 Å². The Kier molecular flexibility index (Phi) is 5.52. The zero-order valence-corrected chi connectivity index (χ0v) is 11.2. The number of hydrogen-bond acceptors (Lipinski definition) is 4. The summed E-state index contributed by atoms with van der Waals surface area (Å²) in [4.78, 5) is 33.2. The van der Waals surface area contributed by atoms with E-state index >= 15 is 0 Å². The number of rotatable bonds is 5. The van der Waals surface area contributed by atoms with Crippen LogP contribution in [0.15, 0.2) is 24.3 Å². The summed E-state index contributed by atoms with van der Waals surface area (Å²) >= 11 is 0. The smallest absolute Gasteiger partial charge is 0.321 e. The zero-order chi connectivity index (χ0) is 15.1. The number of amides is 3. The standard InChI is InChI=1S/C13H16N2O5/c1-8(12(18)15-13(19)14-2)20-10-5-3-4-9(6-10)7-11(16)17/h3-6,8H,7H2,1-2H3,(H,16,17)(H2,14,15,18,19). The summed E-state index contributed by atoms with van der Waals surface area (Å²) < 4.78 is 5.36. The van der Waals surface area contributed by atoms with Crippen molar-refractivity contribution >= 4 is 17.9 Å². The molecule has 0 saturated heterocycles. The first kappa shape index (κ1) is 15.5. The van der Waals surface area contributed by atoms with Crippen LogP contribution in [0.4, 0.5) is 4.79 Å². The first-order chi connectivity index (χ1) is 9.42. The molecule has 1 rings (SSSR count). The molecule has 0 aliphatic rings. The van der Waals surface area contributed by atoms with Crippen molar-refractivity contribution in [3.8, 4) is 5.75 Å². The number of carboxylic acid groups (broad SMARTS) is 1. The Labute approximate surface area is 115 Å². The van der Waals surface area contributed by atoms with Crippen LogP contribution in [0.2, 0.25) is 0 Å². The summed E-state index contributed by atoms with van der Waals surface area (Å²) in [6.45, 7) is 1.49. The minimum atomic E-state index is -0.951. The zero-order valence-electron chi connectivity index (χ0n) is 11.2. The lowest BCUT2D eigenvalue weighted by Gasteiger charge is -2.14. The largest absolute Gasteiger partial charge is 0.481 e. The monoisotopic (exact) mass is 280 g/mol. The third-order valence-electron chi connectivity index (χ3n) is 2.40. The molecule has 1 aromatic rings. The van der Waals surface area contributed by atoms with Crippen molar-refractivity contribution in [3.05, 3.63) is 29.8 Å². The molecule has 0 aliphatic heterocycles. The van der Waals surface area contributed by atoms with Crippen molar-refractivity contribution in [3.63, 3.8) is 0 Å². The molecule has 3 amide bonds. The van der Waals surface area contributed by atoms with Gasteiger partial charge in [-0.3, -0.25) is 14.9 Å². The summed E-state index contributed by atoms with van der Waals surface area (Å²) in [5.74, 6) is -1.18. The third kappa shape index (κ3) is 4.97. The van der Waals surface area contributed by atoms with Crippen LogP contribution >= 0.6 is 0 Å². The molecule has 1 unspecified atom stereocenters. The Bertz CT molecular complexity index is 515. The summed E-state index contributed by atoms with van der Waals surface area (Å²) in [7, 11) is 1.39. The maximum absolute atomic E-state index is 11.6. The van der Waals surface area contributed by atoms with Gasteiger partial charge in [0.05, 0.1) is 6.42 Å².